The molecule has 1 aliphatic rings. The van der Waals surface area contributed by atoms with E-state index in [1.807, 2.05) is 18.9 Å². The first kappa shape index (κ1) is 14.7. The van der Waals surface area contributed by atoms with Gasteiger partial charge in [0.25, 0.3) is 0 Å². The summed E-state index contributed by atoms with van der Waals surface area (Å²) in [5.41, 5.74) is 0. The number of amides is 1. The molecule has 1 aromatic rings. The fourth-order valence-corrected chi connectivity index (χ4v) is 2.49. The van der Waals surface area contributed by atoms with E-state index < -0.39 is 0 Å². The standard InChI is InChI=1S/C14H22N4O2/c1-11(19)12-4-8-18(9-5-12)13(20)10-17(2)14-15-6-3-7-16-14/h3,6-7,11-12,19H,4-5,8-10H2,1-2H3. The Hall–Kier alpha value is -1.69. The Morgan fingerprint density at radius 3 is 2.60 bits per heavy atom. The topological polar surface area (TPSA) is 69.6 Å². The first-order valence-electron chi connectivity index (χ1n) is 7.02. The molecule has 1 amide bonds. The molecule has 1 N–H and O–H groups in total. The zero-order valence-electron chi connectivity index (χ0n) is 12.1. The van der Waals surface area contributed by atoms with Crippen molar-refractivity contribution in [1.82, 2.24) is 14.9 Å². The van der Waals surface area contributed by atoms with Crippen LogP contribution in [0, 0.1) is 5.92 Å². The normalized spacial score (nSPS) is 17.9. The molecule has 0 aromatic carbocycles. The van der Waals surface area contributed by atoms with E-state index in [-0.39, 0.29) is 18.6 Å². The highest BCUT2D eigenvalue weighted by Gasteiger charge is 2.26. The van der Waals surface area contributed by atoms with E-state index in [0.717, 1.165) is 25.9 Å². The van der Waals surface area contributed by atoms with Gasteiger partial charge in [-0.05, 0) is 31.7 Å². The van der Waals surface area contributed by atoms with Crippen molar-refractivity contribution in [3.05, 3.63) is 18.5 Å². The summed E-state index contributed by atoms with van der Waals surface area (Å²) in [6.45, 7) is 3.54. The van der Waals surface area contributed by atoms with Crippen LogP contribution in [0.15, 0.2) is 18.5 Å². The number of aliphatic hydroxyl groups excluding tert-OH is 1. The van der Waals surface area contributed by atoms with Gasteiger partial charge in [0.15, 0.2) is 0 Å². The molecule has 6 heteroatoms. The molecule has 20 heavy (non-hydrogen) atoms. The second-order valence-corrected chi connectivity index (χ2v) is 5.36. The van der Waals surface area contributed by atoms with Crippen LogP contribution in [0.25, 0.3) is 0 Å². The molecular weight excluding hydrogens is 256 g/mol. The van der Waals surface area contributed by atoms with E-state index in [4.69, 9.17) is 0 Å². The van der Waals surface area contributed by atoms with E-state index >= 15 is 0 Å². The van der Waals surface area contributed by atoms with Crippen LogP contribution in [-0.2, 0) is 4.79 Å². The smallest absolute Gasteiger partial charge is 0.242 e. The number of hydrogen-bond acceptors (Lipinski definition) is 5. The lowest BCUT2D eigenvalue weighted by Gasteiger charge is -2.34. The second kappa shape index (κ2) is 6.65. The molecule has 1 fully saturated rings. The number of piperidine rings is 1. The second-order valence-electron chi connectivity index (χ2n) is 5.36. The maximum atomic E-state index is 12.2. The number of aliphatic hydroxyl groups is 1. The number of rotatable bonds is 4. The van der Waals surface area contributed by atoms with Gasteiger partial charge >= 0.3 is 0 Å². The number of likely N-dealkylation sites (tertiary alicyclic amines) is 1. The number of nitrogens with zero attached hydrogens (tertiary/aromatic N) is 4. The molecule has 0 aliphatic carbocycles. The zero-order chi connectivity index (χ0) is 14.5. The van der Waals surface area contributed by atoms with Crippen molar-refractivity contribution < 1.29 is 9.90 Å². The quantitative estimate of drug-likeness (QED) is 0.870. The summed E-state index contributed by atoms with van der Waals surface area (Å²) in [6, 6.07) is 1.75. The van der Waals surface area contributed by atoms with Gasteiger partial charge < -0.3 is 14.9 Å². The van der Waals surface area contributed by atoms with Crippen molar-refractivity contribution in [3.63, 3.8) is 0 Å². The van der Waals surface area contributed by atoms with Gasteiger partial charge in [0.05, 0.1) is 12.6 Å². The van der Waals surface area contributed by atoms with Gasteiger partial charge in [-0.2, -0.15) is 0 Å². The summed E-state index contributed by atoms with van der Waals surface area (Å²) in [4.78, 5) is 24.1. The molecule has 110 valence electrons. The molecule has 1 unspecified atom stereocenters. The lowest BCUT2D eigenvalue weighted by molar-refractivity contribution is -0.131. The third kappa shape index (κ3) is 3.66. The van der Waals surface area contributed by atoms with Gasteiger partial charge in [0, 0.05) is 32.5 Å². The minimum Gasteiger partial charge on any atom is -0.393 e. The first-order chi connectivity index (χ1) is 9.58. The van der Waals surface area contributed by atoms with Crippen molar-refractivity contribution in [3.8, 4) is 0 Å². The van der Waals surface area contributed by atoms with Gasteiger partial charge in [0.1, 0.15) is 0 Å². The summed E-state index contributed by atoms with van der Waals surface area (Å²) in [5.74, 6) is 0.956. The van der Waals surface area contributed by atoms with Gasteiger partial charge in [-0.1, -0.05) is 0 Å². The summed E-state index contributed by atoms with van der Waals surface area (Å²) >= 11 is 0. The maximum absolute atomic E-state index is 12.2. The first-order valence-corrected chi connectivity index (χ1v) is 7.02. The van der Waals surface area contributed by atoms with Crippen LogP contribution in [-0.4, -0.2) is 58.7 Å². The number of anilines is 1. The molecule has 2 heterocycles. The van der Waals surface area contributed by atoms with Gasteiger partial charge in [-0.25, -0.2) is 9.97 Å². The van der Waals surface area contributed by atoms with Crippen molar-refractivity contribution in [2.75, 3.05) is 31.6 Å². The van der Waals surface area contributed by atoms with Crippen molar-refractivity contribution >= 4 is 11.9 Å². The SMILES string of the molecule is CC(O)C1CCN(C(=O)CN(C)c2ncccn2)CC1. The number of aromatic nitrogens is 2. The Bertz CT molecular complexity index is 430. The van der Waals surface area contributed by atoms with Crippen molar-refractivity contribution in [2.45, 2.75) is 25.9 Å². The summed E-state index contributed by atoms with van der Waals surface area (Å²) in [6.07, 6.45) is 4.78. The minimum atomic E-state index is -0.285. The summed E-state index contributed by atoms with van der Waals surface area (Å²) in [5, 5.41) is 9.57. The van der Waals surface area contributed by atoms with E-state index in [1.54, 1.807) is 23.4 Å². The molecule has 1 aliphatic heterocycles. The largest absolute Gasteiger partial charge is 0.393 e. The molecule has 1 saturated heterocycles. The average molecular weight is 278 g/mol. The van der Waals surface area contributed by atoms with Crippen LogP contribution in [0.2, 0.25) is 0 Å². The lowest BCUT2D eigenvalue weighted by atomic mass is 9.92. The fourth-order valence-electron chi connectivity index (χ4n) is 2.49. The lowest BCUT2D eigenvalue weighted by Crippen LogP contribution is -2.45. The average Bonchev–Trinajstić information content (AvgIpc) is 2.48. The number of likely N-dealkylation sites (N-methyl/N-ethyl adjacent to an activating group) is 1. The van der Waals surface area contributed by atoms with Crippen LogP contribution >= 0.6 is 0 Å². The van der Waals surface area contributed by atoms with Gasteiger partial charge in [-0.3, -0.25) is 4.79 Å². The minimum absolute atomic E-state index is 0.0870. The third-order valence-electron chi connectivity index (χ3n) is 3.84. The molecule has 0 saturated carbocycles. The Kier molecular flexibility index (Phi) is 4.89. The van der Waals surface area contributed by atoms with E-state index in [1.165, 1.54) is 0 Å². The monoisotopic (exact) mass is 278 g/mol. The van der Waals surface area contributed by atoms with E-state index in [0.29, 0.717) is 11.9 Å². The molecular formula is C14H22N4O2. The predicted octanol–water partition coefficient (Wildman–Crippen LogP) is 0.532. The Balaban J connectivity index is 1.84. The molecule has 6 nitrogen and oxygen atoms in total. The molecule has 0 bridgehead atoms. The van der Waals surface area contributed by atoms with Crippen LogP contribution in [0.5, 0.6) is 0 Å². The Morgan fingerprint density at radius 1 is 1.45 bits per heavy atom. The molecule has 0 spiro atoms. The Labute approximate surface area is 119 Å². The van der Waals surface area contributed by atoms with Crippen LogP contribution in [0.4, 0.5) is 5.95 Å². The van der Waals surface area contributed by atoms with Crippen molar-refractivity contribution in [2.24, 2.45) is 5.92 Å². The number of carbonyl (C=O) groups excluding carboxylic acids is 1. The van der Waals surface area contributed by atoms with E-state index in [9.17, 15) is 9.90 Å². The highest BCUT2D eigenvalue weighted by Crippen LogP contribution is 2.20. The van der Waals surface area contributed by atoms with Crippen LogP contribution in [0.1, 0.15) is 19.8 Å². The fraction of sp³-hybridized carbons (Fsp3) is 0.643. The van der Waals surface area contributed by atoms with Crippen LogP contribution < -0.4 is 4.90 Å². The van der Waals surface area contributed by atoms with E-state index in [2.05, 4.69) is 9.97 Å². The molecule has 0 radical (unpaired) electrons. The highest BCUT2D eigenvalue weighted by atomic mass is 16.3. The molecule has 1 atom stereocenters. The molecule has 2 rings (SSSR count). The van der Waals surface area contributed by atoms with Crippen LogP contribution in [0.3, 0.4) is 0 Å². The molecule has 1 aromatic heterocycles. The maximum Gasteiger partial charge on any atom is 0.242 e. The Morgan fingerprint density at radius 2 is 2.05 bits per heavy atom. The summed E-state index contributed by atoms with van der Waals surface area (Å²) in [7, 11) is 1.82. The van der Waals surface area contributed by atoms with Crippen molar-refractivity contribution in [1.29, 1.82) is 0 Å². The highest BCUT2D eigenvalue weighted by molar-refractivity contribution is 5.80. The summed E-state index contributed by atoms with van der Waals surface area (Å²) < 4.78 is 0. The number of carbonyl (C=O) groups is 1. The zero-order valence-corrected chi connectivity index (χ0v) is 12.1. The number of hydrogen-bond donors (Lipinski definition) is 1. The van der Waals surface area contributed by atoms with Gasteiger partial charge in [0.2, 0.25) is 11.9 Å². The third-order valence-corrected chi connectivity index (χ3v) is 3.84. The predicted molar refractivity (Wildman–Crippen MR) is 76.3 cm³/mol. The van der Waals surface area contributed by atoms with Gasteiger partial charge in [-0.15, -0.1) is 0 Å².